The number of nitrogens with two attached hydrogens (primary N) is 1. The minimum Gasteiger partial charge on any atom is -0.374 e. The van der Waals surface area contributed by atoms with Crippen molar-refractivity contribution in [3.63, 3.8) is 0 Å². The highest BCUT2D eigenvalue weighted by Gasteiger charge is 2.42. The van der Waals surface area contributed by atoms with Gasteiger partial charge >= 0.3 is 0 Å². The molecule has 3 fully saturated rings. The van der Waals surface area contributed by atoms with Gasteiger partial charge in [-0.15, -0.1) is 0 Å². The first kappa shape index (κ1) is 12.4. The largest absolute Gasteiger partial charge is 0.374 e. The number of fused-ring (bicyclic) bond motifs is 1. The van der Waals surface area contributed by atoms with Gasteiger partial charge in [0.05, 0.1) is 24.9 Å². The average Bonchev–Trinajstić information content (AvgIpc) is 3.05. The van der Waals surface area contributed by atoms with E-state index in [0.717, 1.165) is 32.1 Å². The molecule has 5 heteroatoms. The van der Waals surface area contributed by atoms with Crippen LogP contribution in [0.4, 0.5) is 0 Å². The molecule has 0 aromatic heterocycles. The van der Waals surface area contributed by atoms with Crippen LogP contribution in [0.1, 0.15) is 32.1 Å². The lowest BCUT2D eigenvalue weighted by Crippen LogP contribution is -2.54. The Labute approximate surface area is 108 Å². The summed E-state index contributed by atoms with van der Waals surface area (Å²) in [6.07, 6.45) is 5.11. The van der Waals surface area contributed by atoms with Crippen LogP contribution >= 0.6 is 0 Å². The van der Waals surface area contributed by atoms with Crippen molar-refractivity contribution >= 4 is 5.91 Å². The fraction of sp³-hybridized carbons (Fsp3) is 0.923. The second-order valence-electron chi connectivity index (χ2n) is 5.50. The molecule has 1 amide bonds. The highest BCUT2D eigenvalue weighted by molar-refractivity contribution is 5.81. The SMILES string of the molecule is NCC1CCC(C(=O)N2CCOC3CCCC32)O1. The van der Waals surface area contributed by atoms with E-state index >= 15 is 0 Å². The molecule has 2 N–H and O–H groups in total. The van der Waals surface area contributed by atoms with E-state index in [0.29, 0.717) is 19.7 Å². The Balaban J connectivity index is 1.65. The molecule has 3 rings (SSSR count). The van der Waals surface area contributed by atoms with Crippen LogP contribution in [0.25, 0.3) is 0 Å². The standard InChI is InChI=1S/C13H22N2O3/c14-8-9-4-5-12(18-9)13(16)15-6-7-17-11-3-1-2-10(11)15/h9-12H,1-8,14H2. The van der Waals surface area contributed by atoms with E-state index in [1.165, 1.54) is 0 Å². The summed E-state index contributed by atoms with van der Waals surface area (Å²) in [7, 11) is 0. The van der Waals surface area contributed by atoms with E-state index in [1.807, 2.05) is 4.90 Å². The van der Waals surface area contributed by atoms with Gasteiger partial charge in [-0.3, -0.25) is 4.79 Å². The molecular formula is C13H22N2O3. The number of rotatable bonds is 2. The lowest BCUT2D eigenvalue weighted by Gasteiger charge is -2.38. The summed E-state index contributed by atoms with van der Waals surface area (Å²) in [6.45, 7) is 1.89. The van der Waals surface area contributed by atoms with Gasteiger partial charge in [-0.1, -0.05) is 0 Å². The summed E-state index contributed by atoms with van der Waals surface area (Å²) in [5.41, 5.74) is 5.59. The zero-order valence-corrected chi connectivity index (χ0v) is 10.7. The summed E-state index contributed by atoms with van der Waals surface area (Å²) in [5, 5.41) is 0. The van der Waals surface area contributed by atoms with Crippen LogP contribution in [0.3, 0.4) is 0 Å². The van der Waals surface area contributed by atoms with Crippen LogP contribution in [-0.2, 0) is 14.3 Å². The predicted molar refractivity (Wildman–Crippen MR) is 66.0 cm³/mol. The zero-order valence-electron chi connectivity index (χ0n) is 10.7. The normalized spacial score (nSPS) is 39.9. The molecule has 102 valence electrons. The Hall–Kier alpha value is -0.650. The first-order valence-electron chi connectivity index (χ1n) is 7.07. The van der Waals surface area contributed by atoms with Gasteiger partial charge in [-0.05, 0) is 32.1 Å². The number of ether oxygens (including phenoxy) is 2. The molecule has 0 aromatic carbocycles. The smallest absolute Gasteiger partial charge is 0.252 e. The Morgan fingerprint density at radius 1 is 1.28 bits per heavy atom. The number of hydrogen-bond donors (Lipinski definition) is 1. The van der Waals surface area contributed by atoms with Crippen molar-refractivity contribution in [2.75, 3.05) is 19.7 Å². The molecule has 2 aliphatic heterocycles. The van der Waals surface area contributed by atoms with Gasteiger partial charge in [0.25, 0.3) is 5.91 Å². The number of hydrogen-bond acceptors (Lipinski definition) is 4. The maximum Gasteiger partial charge on any atom is 0.252 e. The molecule has 1 saturated carbocycles. The van der Waals surface area contributed by atoms with Crippen molar-refractivity contribution in [2.24, 2.45) is 5.73 Å². The second kappa shape index (κ2) is 5.15. The van der Waals surface area contributed by atoms with Crippen molar-refractivity contribution < 1.29 is 14.3 Å². The van der Waals surface area contributed by atoms with Gasteiger partial charge in [-0.25, -0.2) is 0 Å². The molecule has 18 heavy (non-hydrogen) atoms. The predicted octanol–water partition coefficient (Wildman–Crippen LogP) is 0.273. The second-order valence-corrected chi connectivity index (χ2v) is 5.50. The maximum atomic E-state index is 12.5. The number of morpholine rings is 1. The molecule has 5 nitrogen and oxygen atoms in total. The fourth-order valence-electron chi connectivity index (χ4n) is 3.44. The third-order valence-electron chi connectivity index (χ3n) is 4.41. The number of carbonyl (C=O) groups excluding carboxylic acids is 1. The quantitative estimate of drug-likeness (QED) is 0.768. The maximum absolute atomic E-state index is 12.5. The van der Waals surface area contributed by atoms with Crippen LogP contribution in [0.5, 0.6) is 0 Å². The minimum atomic E-state index is -0.266. The molecule has 2 heterocycles. The molecule has 3 aliphatic rings. The Bertz CT molecular complexity index is 323. The van der Waals surface area contributed by atoms with Crippen LogP contribution < -0.4 is 5.73 Å². The van der Waals surface area contributed by atoms with E-state index in [4.69, 9.17) is 15.2 Å². The van der Waals surface area contributed by atoms with E-state index in [-0.39, 0.29) is 30.3 Å². The van der Waals surface area contributed by atoms with E-state index < -0.39 is 0 Å². The molecule has 4 atom stereocenters. The first-order chi connectivity index (χ1) is 8.79. The molecule has 0 spiro atoms. The topological polar surface area (TPSA) is 64.8 Å². The Morgan fingerprint density at radius 3 is 2.94 bits per heavy atom. The molecule has 1 aliphatic carbocycles. The van der Waals surface area contributed by atoms with Crippen LogP contribution in [0.15, 0.2) is 0 Å². The zero-order chi connectivity index (χ0) is 12.5. The monoisotopic (exact) mass is 254 g/mol. The number of amides is 1. The highest BCUT2D eigenvalue weighted by Crippen LogP contribution is 2.31. The lowest BCUT2D eigenvalue weighted by atomic mass is 10.1. The molecule has 0 aromatic rings. The van der Waals surface area contributed by atoms with Crippen LogP contribution in [0.2, 0.25) is 0 Å². The van der Waals surface area contributed by atoms with Gasteiger partial charge in [0.1, 0.15) is 6.10 Å². The van der Waals surface area contributed by atoms with Crippen molar-refractivity contribution in [3.05, 3.63) is 0 Å². The van der Waals surface area contributed by atoms with Crippen molar-refractivity contribution in [2.45, 2.75) is 56.5 Å². The van der Waals surface area contributed by atoms with E-state index in [2.05, 4.69) is 0 Å². The number of nitrogens with zero attached hydrogens (tertiary/aromatic N) is 1. The van der Waals surface area contributed by atoms with Crippen molar-refractivity contribution in [1.82, 2.24) is 4.90 Å². The lowest BCUT2D eigenvalue weighted by molar-refractivity contribution is -0.155. The molecule has 4 unspecified atom stereocenters. The van der Waals surface area contributed by atoms with E-state index in [9.17, 15) is 4.79 Å². The van der Waals surface area contributed by atoms with Gasteiger partial charge in [0, 0.05) is 13.1 Å². The highest BCUT2D eigenvalue weighted by atomic mass is 16.5. The Morgan fingerprint density at radius 2 is 2.17 bits per heavy atom. The average molecular weight is 254 g/mol. The van der Waals surface area contributed by atoms with Gasteiger partial charge in [0.2, 0.25) is 0 Å². The summed E-state index contributed by atoms with van der Waals surface area (Å²) in [4.78, 5) is 14.5. The van der Waals surface area contributed by atoms with Gasteiger partial charge in [-0.2, -0.15) is 0 Å². The summed E-state index contributed by atoms with van der Waals surface area (Å²) < 4.78 is 11.4. The third-order valence-corrected chi connectivity index (χ3v) is 4.41. The van der Waals surface area contributed by atoms with Gasteiger partial charge < -0.3 is 20.1 Å². The fourth-order valence-corrected chi connectivity index (χ4v) is 3.44. The van der Waals surface area contributed by atoms with E-state index in [1.54, 1.807) is 0 Å². The molecular weight excluding hydrogens is 232 g/mol. The first-order valence-corrected chi connectivity index (χ1v) is 7.07. The minimum absolute atomic E-state index is 0.0689. The van der Waals surface area contributed by atoms with Crippen LogP contribution in [0, 0.1) is 0 Å². The Kier molecular flexibility index (Phi) is 3.54. The van der Waals surface area contributed by atoms with Crippen molar-refractivity contribution in [1.29, 1.82) is 0 Å². The third kappa shape index (κ3) is 2.15. The summed E-state index contributed by atoms with van der Waals surface area (Å²) in [5.74, 6) is 0.158. The van der Waals surface area contributed by atoms with Crippen molar-refractivity contribution in [3.8, 4) is 0 Å². The number of carbonyl (C=O) groups is 1. The van der Waals surface area contributed by atoms with Gasteiger partial charge in [0.15, 0.2) is 0 Å². The van der Waals surface area contributed by atoms with Crippen LogP contribution in [-0.4, -0.2) is 54.9 Å². The molecule has 2 saturated heterocycles. The molecule has 0 bridgehead atoms. The summed E-state index contributed by atoms with van der Waals surface area (Å²) in [6, 6.07) is 0.284. The summed E-state index contributed by atoms with van der Waals surface area (Å²) >= 11 is 0. The molecule has 0 radical (unpaired) electrons.